The molecule has 0 radical (unpaired) electrons. The first kappa shape index (κ1) is 12.9. The maximum Gasteiger partial charge on any atom is 0.0669 e. The van der Waals surface area contributed by atoms with Gasteiger partial charge in [0.1, 0.15) is 0 Å². The Morgan fingerprint density at radius 1 is 1.24 bits per heavy atom. The maximum absolute atomic E-state index is 8.97. The second-order valence-corrected chi connectivity index (χ2v) is 6.06. The molecule has 0 saturated carbocycles. The second-order valence-electron chi connectivity index (χ2n) is 6.06. The molecule has 0 aromatic rings. The Labute approximate surface area is 105 Å². The van der Waals surface area contributed by atoms with Crippen LogP contribution >= 0.6 is 0 Å². The minimum atomic E-state index is 0.287. The molecule has 0 amide bonds. The predicted molar refractivity (Wildman–Crippen MR) is 69.6 cm³/mol. The van der Waals surface area contributed by atoms with E-state index in [1.807, 2.05) is 0 Å². The summed E-state index contributed by atoms with van der Waals surface area (Å²) in [6.07, 6.45) is 3.73. The number of nitriles is 1. The van der Waals surface area contributed by atoms with Crippen molar-refractivity contribution in [3.05, 3.63) is 0 Å². The van der Waals surface area contributed by atoms with Gasteiger partial charge in [0, 0.05) is 25.7 Å². The van der Waals surface area contributed by atoms with E-state index in [4.69, 9.17) is 5.26 Å². The molecule has 2 saturated heterocycles. The summed E-state index contributed by atoms with van der Waals surface area (Å²) in [5, 5.41) is 8.97. The van der Waals surface area contributed by atoms with Crippen molar-refractivity contribution in [2.75, 3.05) is 32.7 Å². The van der Waals surface area contributed by atoms with E-state index in [1.54, 1.807) is 0 Å². The van der Waals surface area contributed by atoms with Crippen LogP contribution in [0.1, 0.15) is 33.1 Å². The van der Waals surface area contributed by atoms with Crippen LogP contribution in [0.15, 0.2) is 0 Å². The van der Waals surface area contributed by atoms with Gasteiger partial charge in [-0.25, -0.2) is 0 Å². The Morgan fingerprint density at radius 2 is 2.06 bits per heavy atom. The molecule has 2 atom stereocenters. The molecule has 2 aliphatic rings. The summed E-state index contributed by atoms with van der Waals surface area (Å²) in [4.78, 5) is 5.17. The molecule has 0 bridgehead atoms. The van der Waals surface area contributed by atoms with Crippen LogP contribution in [0, 0.1) is 23.2 Å². The molecule has 2 rings (SSSR count). The van der Waals surface area contributed by atoms with Gasteiger partial charge in [0.15, 0.2) is 0 Å². The van der Waals surface area contributed by atoms with E-state index in [2.05, 4.69) is 29.7 Å². The number of hydrogen-bond acceptors (Lipinski definition) is 3. The lowest BCUT2D eigenvalue weighted by Crippen LogP contribution is -2.48. The average Bonchev–Trinajstić information content (AvgIpc) is 2.77. The van der Waals surface area contributed by atoms with E-state index in [-0.39, 0.29) is 5.92 Å². The zero-order valence-electron chi connectivity index (χ0n) is 11.2. The highest BCUT2D eigenvalue weighted by Gasteiger charge is 2.31. The molecule has 3 heteroatoms. The van der Waals surface area contributed by atoms with Gasteiger partial charge >= 0.3 is 0 Å². The van der Waals surface area contributed by atoms with Gasteiger partial charge in [0.25, 0.3) is 0 Å². The van der Waals surface area contributed by atoms with Crippen LogP contribution in [0.4, 0.5) is 0 Å². The number of likely N-dealkylation sites (tertiary alicyclic amines) is 2. The highest BCUT2D eigenvalue weighted by atomic mass is 15.2. The standard InChI is InChI=1S/C14H25N3/c1-12(2)9-16-6-3-4-14(11-16)17-7-5-13(8-15)10-17/h12-14H,3-7,9-11H2,1-2H3. The summed E-state index contributed by atoms with van der Waals surface area (Å²) < 4.78 is 0. The Kier molecular flexibility index (Phi) is 4.42. The highest BCUT2D eigenvalue weighted by molar-refractivity contribution is 4.94. The average molecular weight is 235 g/mol. The summed E-state index contributed by atoms with van der Waals surface area (Å²) in [6, 6.07) is 3.13. The van der Waals surface area contributed by atoms with E-state index in [1.165, 1.54) is 32.5 Å². The van der Waals surface area contributed by atoms with Gasteiger partial charge in [-0.15, -0.1) is 0 Å². The van der Waals surface area contributed by atoms with Crippen LogP contribution in [0.25, 0.3) is 0 Å². The van der Waals surface area contributed by atoms with Crippen LogP contribution in [0.2, 0.25) is 0 Å². The first-order valence-electron chi connectivity index (χ1n) is 7.05. The number of nitrogens with zero attached hydrogens (tertiary/aromatic N) is 3. The van der Waals surface area contributed by atoms with Gasteiger partial charge in [-0.3, -0.25) is 4.90 Å². The minimum absolute atomic E-state index is 0.287. The van der Waals surface area contributed by atoms with Crippen molar-refractivity contribution >= 4 is 0 Å². The van der Waals surface area contributed by atoms with Crippen LogP contribution in [0.5, 0.6) is 0 Å². The van der Waals surface area contributed by atoms with Gasteiger partial charge in [0.2, 0.25) is 0 Å². The molecule has 96 valence electrons. The fourth-order valence-electron chi connectivity index (χ4n) is 3.24. The largest absolute Gasteiger partial charge is 0.302 e. The van der Waals surface area contributed by atoms with Crippen molar-refractivity contribution in [3.8, 4) is 6.07 Å². The van der Waals surface area contributed by atoms with E-state index in [0.717, 1.165) is 25.4 Å². The number of rotatable bonds is 3. The third-order valence-corrected chi connectivity index (χ3v) is 4.02. The molecule has 0 N–H and O–H groups in total. The van der Waals surface area contributed by atoms with Crippen molar-refractivity contribution in [1.29, 1.82) is 5.26 Å². The SMILES string of the molecule is CC(C)CN1CCCC(N2CCC(C#N)C2)C1. The molecule has 3 nitrogen and oxygen atoms in total. The molecular weight excluding hydrogens is 210 g/mol. The summed E-state index contributed by atoms with van der Waals surface area (Å²) in [5.41, 5.74) is 0. The quantitative estimate of drug-likeness (QED) is 0.749. The minimum Gasteiger partial charge on any atom is -0.302 e. The summed E-state index contributed by atoms with van der Waals surface area (Å²) in [5.74, 6) is 1.05. The van der Waals surface area contributed by atoms with Crippen molar-refractivity contribution in [2.24, 2.45) is 11.8 Å². The molecule has 2 heterocycles. The van der Waals surface area contributed by atoms with Crippen molar-refractivity contribution in [3.63, 3.8) is 0 Å². The summed E-state index contributed by atoms with van der Waals surface area (Å²) >= 11 is 0. The normalized spacial score (nSPS) is 31.9. The molecular formula is C14H25N3. The van der Waals surface area contributed by atoms with E-state index < -0.39 is 0 Å². The fourth-order valence-corrected chi connectivity index (χ4v) is 3.24. The highest BCUT2D eigenvalue weighted by Crippen LogP contribution is 2.23. The Hall–Kier alpha value is -0.590. The molecule has 0 aromatic heterocycles. The van der Waals surface area contributed by atoms with E-state index in [9.17, 15) is 0 Å². The van der Waals surface area contributed by atoms with Gasteiger partial charge in [-0.05, 0) is 38.3 Å². The van der Waals surface area contributed by atoms with Gasteiger partial charge < -0.3 is 4.90 Å². The Morgan fingerprint density at radius 3 is 2.71 bits per heavy atom. The lowest BCUT2D eigenvalue weighted by molar-refractivity contribution is 0.105. The first-order chi connectivity index (χ1) is 8.19. The van der Waals surface area contributed by atoms with Crippen molar-refractivity contribution in [1.82, 2.24) is 9.80 Å². The molecule has 0 aliphatic carbocycles. The summed E-state index contributed by atoms with van der Waals surface area (Å²) in [7, 11) is 0. The van der Waals surface area contributed by atoms with Crippen molar-refractivity contribution < 1.29 is 0 Å². The third-order valence-electron chi connectivity index (χ3n) is 4.02. The monoisotopic (exact) mass is 235 g/mol. The maximum atomic E-state index is 8.97. The molecule has 2 unspecified atom stereocenters. The molecule has 2 fully saturated rings. The first-order valence-corrected chi connectivity index (χ1v) is 7.05. The van der Waals surface area contributed by atoms with Crippen molar-refractivity contribution in [2.45, 2.75) is 39.2 Å². The van der Waals surface area contributed by atoms with E-state index in [0.29, 0.717) is 6.04 Å². The van der Waals surface area contributed by atoms with E-state index >= 15 is 0 Å². The van der Waals surface area contributed by atoms with Gasteiger partial charge in [0.05, 0.1) is 12.0 Å². The smallest absolute Gasteiger partial charge is 0.0669 e. The fraction of sp³-hybridized carbons (Fsp3) is 0.929. The van der Waals surface area contributed by atoms with Crippen LogP contribution in [-0.4, -0.2) is 48.6 Å². The molecule has 17 heavy (non-hydrogen) atoms. The number of piperidine rings is 1. The Bertz CT molecular complexity index is 282. The lowest BCUT2D eigenvalue weighted by atomic mass is 10.0. The van der Waals surface area contributed by atoms with Gasteiger partial charge in [-0.2, -0.15) is 5.26 Å². The number of hydrogen-bond donors (Lipinski definition) is 0. The molecule has 0 aromatic carbocycles. The second kappa shape index (κ2) is 5.84. The Balaban J connectivity index is 1.83. The third kappa shape index (κ3) is 3.43. The molecule has 0 spiro atoms. The van der Waals surface area contributed by atoms with Gasteiger partial charge in [-0.1, -0.05) is 13.8 Å². The van der Waals surface area contributed by atoms with Crippen LogP contribution < -0.4 is 0 Å². The lowest BCUT2D eigenvalue weighted by Gasteiger charge is -2.38. The van der Waals surface area contributed by atoms with Crippen LogP contribution in [-0.2, 0) is 0 Å². The summed E-state index contributed by atoms with van der Waals surface area (Å²) in [6.45, 7) is 10.5. The zero-order chi connectivity index (χ0) is 12.3. The topological polar surface area (TPSA) is 30.3 Å². The molecule has 2 aliphatic heterocycles. The predicted octanol–water partition coefficient (Wildman–Crippen LogP) is 1.95. The van der Waals surface area contributed by atoms with Crippen LogP contribution in [0.3, 0.4) is 0 Å². The zero-order valence-corrected chi connectivity index (χ0v) is 11.2.